The summed E-state index contributed by atoms with van der Waals surface area (Å²) < 4.78 is 94.4. The van der Waals surface area contributed by atoms with Gasteiger partial charge in [-0.3, -0.25) is 24.2 Å². The molecule has 3 heterocycles. The highest BCUT2D eigenvalue weighted by Gasteiger charge is 2.50. The number of allylic oxidation sites excluding steroid dienone is 1. The molecule has 0 aliphatic heterocycles. The molecule has 60 heavy (non-hydrogen) atoms. The van der Waals surface area contributed by atoms with E-state index >= 15 is 8.78 Å². The van der Waals surface area contributed by atoms with Gasteiger partial charge >= 0.3 is 6.09 Å². The molecule has 0 fully saturated rings. The van der Waals surface area contributed by atoms with Gasteiger partial charge in [0, 0.05) is 42.1 Å². The summed E-state index contributed by atoms with van der Waals surface area (Å²) in [7, 11) is -1.22. The van der Waals surface area contributed by atoms with Crippen LogP contribution in [0.15, 0.2) is 60.9 Å². The summed E-state index contributed by atoms with van der Waals surface area (Å²) >= 11 is 6.61. The van der Waals surface area contributed by atoms with Gasteiger partial charge in [-0.25, -0.2) is 27.0 Å². The first-order chi connectivity index (χ1) is 28.1. The second-order valence-corrected chi connectivity index (χ2v) is 16.6. The third-order valence-electron chi connectivity index (χ3n) is 9.16. The van der Waals surface area contributed by atoms with Crippen LogP contribution in [-0.4, -0.2) is 69.0 Å². The van der Waals surface area contributed by atoms with E-state index in [0.29, 0.717) is 17.1 Å². The third-order valence-corrected chi connectivity index (χ3v) is 10.0. The number of anilines is 2. The Balaban J connectivity index is 1.54. The molecule has 6 rings (SSSR count). The molecule has 3 aromatic heterocycles. The number of alkyl halides is 2. The molecule has 0 saturated heterocycles. The molecule has 2 amide bonds. The van der Waals surface area contributed by atoms with E-state index < -0.39 is 75.8 Å². The predicted octanol–water partition coefficient (Wildman–Crippen LogP) is 6.46. The average Bonchev–Trinajstić information content (AvgIpc) is 3.75. The number of hydrogen-bond donors (Lipinski definition) is 4. The number of aromatic nitrogens is 5. The first-order valence-corrected chi connectivity index (χ1v) is 20.2. The van der Waals surface area contributed by atoms with Crippen LogP contribution in [-0.2, 0) is 45.5 Å². The SMILES string of the molecule is C=C=CC1CC(F)(F)c2c1c(NC(=O)OC)nn2CC(=O)NC(Cc1cc(F)cc(F)c1)c1nc(C#CC(C)(C)O)ccc1-c1ccc(Cl)c2c(NS(C)(=O)=O)nn(C)c12. The van der Waals surface area contributed by atoms with Crippen LogP contribution in [0.4, 0.5) is 34.0 Å². The molecule has 0 saturated carbocycles. The van der Waals surface area contributed by atoms with Gasteiger partial charge in [0.15, 0.2) is 11.6 Å². The molecule has 0 bridgehead atoms. The average molecular weight is 869 g/mol. The molecule has 14 nitrogen and oxygen atoms in total. The van der Waals surface area contributed by atoms with Gasteiger partial charge in [-0.2, -0.15) is 19.0 Å². The van der Waals surface area contributed by atoms with Crippen molar-refractivity contribution in [3.63, 3.8) is 0 Å². The molecule has 4 N–H and O–H groups in total. The lowest BCUT2D eigenvalue weighted by Gasteiger charge is -2.23. The number of halogens is 5. The number of rotatable bonds is 11. The molecule has 2 atom stereocenters. The van der Waals surface area contributed by atoms with Crippen molar-refractivity contribution in [3.05, 3.63) is 106 Å². The molecule has 2 unspecified atom stereocenters. The number of pyridine rings is 1. The zero-order valence-electron chi connectivity index (χ0n) is 32.6. The summed E-state index contributed by atoms with van der Waals surface area (Å²) in [6.07, 6.45) is 0.181. The van der Waals surface area contributed by atoms with E-state index in [1.54, 1.807) is 12.1 Å². The molecule has 0 spiro atoms. The number of nitrogens with one attached hydrogen (secondary N) is 3. The lowest BCUT2D eigenvalue weighted by Crippen LogP contribution is -2.35. The summed E-state index contributed by atoms with van der Waals surface area (Å²) in [5.74, 6) is -2.17. The normalized spacial score (nSPS) is 15.0. The van der Waals surface area contributed by atoms with E-state index in [9.17, 15) is 31.9 Å². The molecular weight excluding hydrogens is 832 g/mol. The van der Waals surface area contributed by atoms with Crippen molar-refractivity contribution in [2.45, 2.75) is 56.7 Å². The van der Waals surface area contributed by atoms with Crippen LogP contribution in [0.1, 0.15) is 60.4 Å². The largest absolute Gasteiger partial charge is 0.453 e. The number of hydrogen-bond acceptors (Lipinski definition) is 9. The predicted molar refractivity (Wildman–Crippen MR) is 215 cm³/mol. The Labute approximate surface area is 346 Å². The summed E-state index contributed by atoms with van der Waals surface area (Å²) in [6.45, 7) is 5.53. The lowest BCUT2D eigenvalue weighted by atomic mass is 9.93. The Hall–Kier alpha value is -6.19. The number of nitrogens with zero attached hydrogens (tertiary/aromatic N) is 5. The number of amides is 2. The minimum atomic E-state index is -3.83. The van der Waals surface area contributed by atoms with Crippen LogP contribution >= 0.6 is 11.6 Å². The molecular formula is C40H37ClF4N8O6S. The Kier molecular flexibility index (Phi) is 11.9. The molecule has 1 aliphatic carbocycles. The van der Waals surface area contributed by atoms with Gasteiger partial charge in [-0.05, 0) is 68.2 Å². The van der Waals surface area contributed by atoms with Crippen molar-refractivity contribution in [3.8, 4) is 23.0 Å². The number of benzene rings is 2. The van der Waals surface area contributed by atoms with Gasteiger partial charge in [0.25, 0.3) is 5.92 Å². The summed E-state index contributed by atoms with van der Waals surface area (Å²) in [6, 6.07) is 7.65. The number of methoxy groups -OCH3 is 1. The van der Waals surface area contributed by atoms with Crippen LogP contribution in [0.2, 0.25) is 5.02 Å². The Morgan fingerprint density at radius 3 is 2.45 bits per heavy atom. The van der Waals surface area contributed by atoms with E-state index in [2.05, 4.69) is 54.4 Å². The Morgan fingerprint density at radius 1 is 1.13 bits per heavy atom. The Morgan fingerprint density at radius 2 is 1.82 bits per heavy atom. The fraction of sp³-hybridized carbons (Fsp3) is 0.300. The number of sulfonamides is 1. The van der Waals surface area contributed by atoms with Crippen molar-refractivity contribution >= 4 is 56.2 Å². The van der Waals surface area contributed by atoms with Gasteiger partial charge in [0.1, 0.15) is 35.2 Å². The number of carbonyl (C=O) groups is 2. The van der Waals surface area contributed by atoms with E-state index in [1.165, 1.54) is 43.8 Å². The van der Waals surface area contributed by atoms with Crippen LogP contribution in [0.25, 0.3) is 22.0 Å². The topological polar surface area (TPSA) is 182 Å². The smallest absolute Gasteiger partial charge is 0.412 e. The number of carbonyl (C=O) groups excluding carboxylic acids is 2. The van der Waals surface area contributed by atoms with Crippen LogP contribution in [0.5, 0.6) is 0 Å². The second kappa shape index (κ2) is 16.5. The van der Waals surface area contributed by atoms with Gasteiger partial charge in [0.2, 0.25) is 15.9 Å². The second-order valence-electron chi connectivity index (χ2n) is 14.5. The quantitative estimate of drug-likeness (QED) is 0.0659. The standard InChI is InChI=1S/C40H37ClF4N8O6S/c1-7-8-22-19-40(44,45)35-31(22)36(48-38(55)59-5)50-53(35)20-30(54)47-29(17-21-15-23(42)18-24(43)16-21)33-26(10-9-25(46-33)13-14-39(2,3)56)27-11-12-28(41)32-34(27)52(4)49-37(32)51-60(6,57)58/h8-12,15-16,18,22,29,56H,1,17,19-20H2,2-6H3,(H,47,54)(H,49,51)(H,48,50,55). The van der Waals surface area contributed by atoms with Crippen LogP contribution in [0.3, 0.4) is 0 Å². The summed E-state index contributed by atoms with van der Waals surface area (Å²) in [4.78, 5) is 31.1. The molecule has 5 aromatic rings. The van der Waals surface area contributed by atoms with Crippen molar-refractivity contribution in [2.24, 2.45) is 7.05 Å². The molecule has 0 radical (unpaired) electrons. The maximum absolute atomic E-state index is 15.7. The highest BCUT2D eigenvalue weighted by molar-refractivity contribution is 7.92. The molecule has 1 aliphatic rings. The molecule has 2 aromatic carbocycles. The summed E-state index contributed by atoms with van der Waals surface area (Å²) in [5, 5.41) is 24.3. The van der Waals surface area contributed by atoms with Gasteiger partial charge in [-0.1, -0.05) is 30.2 Å². The minimum absolute atomic E-state index is 0.0539. The van der Waals surface area contributed by atoms with E-state index in [4.69, 9.17) is 16.6 Å². The molecule has 314 valence electrons. The van der Waals surface area contributed by atoms with Gasteiger partial charge in [0.05, 0.1) is 41.0 Å². The lowest BCUT2D eigenvalue weighted by molar-refractivity contribution is -0.122. The van der Waals surface area contributed by atoms with E-state index in [-0.39, 0.29) is 56.5 Å². The van der Waals surface area contributed by atoms with Crippen molar-refractivity contribution in [1.29, 1.82) is 0 Å². The zero-order chi connectivity index (χ0) is 43.9. The monoisotopic (exact) mass is 868 g/mol. The van der Waals surface area contributed by atoms with E-state index in [1.807, 2.05) is 0 Å². The number of fused-ring (bicyclic) bond motifs is 2. The highest BCUT2D eigenvalue weighted by atomic mass is 35.5. The highest BCUT2D eigenvalue weighted by Crippen LogP contribution is 2.51. The van der Waals surface area contributed by atoms with Gasteiger partial charge < -0.3 is 15.2 Å². The van der Waals surface area contributed by atoms with Crippen LogP contribution < -0.4 is 15.4 Å². The van der Waals surface area contributed by atoms with Crippen LogP contribution in [0, 0.1) is 23.5 Å². The number of aryl methyl sites for hydroxylation is 1. The minimum Gasteiger partial charge on any atom is -0.453 e. The van der Waals surface area contributed by atoms with Crippen molar-refractivity contribution < 1.29 is 45.4 Å². The maximum atomic E-state index is 15.7. The Bertz CT molecular complexity index is 2760. The maximum Gasteiger partial charge on any atom is 0.412 e. The summed E-state index contributed by atoms with van der Waals surface area (Å²) in [5.41, 5.74) is 1.49. The van der Waals surface area contributed by atoms with E-state index in [0.717, 1.165) is 30.2 Å². The third kappa shape index (κ3) is 9.48. The fourth-order valence-corrected chi connectivity index (χ4v) is 7.72. The van der Waals surface area contributed by atoms with Crippen molar-refractivity contribution in [1.82, 2.24) is 29.9 Å². The first-order valence-electron chi connectivity index (χ1n) is 17.9. The fourth-order valence-electron chi connectivity index (χ4n) is 6.98. The number of ether oxygens (including phenoxy) is 1. The zero-order valence-corrected chi connectivity index (χ0v) is 34.2. The number of aliphatic hydroxyl groups is 1. The van der Waals surface area contributed by atoms with Gasteiger partial charge in [-0.15, -0.1) is 5.73 Å². The first kappa shape index (κ1) is 43.4. The van der Waals surface area contributed by atoms with Crippen molar-refractivity contribution in [2.75, 3.05) is 23.4 Å². The molecule has 20 heteroatoms.